The minimum Gasteiger partial charge on any atom is -0.477 e. The van der Waals surface area contributed by atoms with Crippen LogP contribution in [0.2, 0.25) is 5.02 Å². The fourth-order valence-corrected chi connectivity index (χ4v) is 6.50. The van der Waals surface area contributed by atoms with Crippen LogP contribution < -0.4 is 20.0 Å². The first-order valence-electron chi connectivity index (χ1n) is 15.0. The number of hydrogen-bond acceptors (Lipinski definition) is 6. The van der Waals surface area contributed by atoms with Crippen LogP contribution in [0, 0.1) is 5.82 Å². The van der Waals surface area contributed by atoms with Crippen molar-refractivity contribution in [2.45, 2.75) is 32.2 Å². The summed E-state index contributed by atoms with van der Waals surface area (Å²) in [6, 6.07) is 14.9. The molecule has 2 fully saturated rings. The van der Waals surface area contributed by atoms with Gasteiger partial charge in [-0.1, -0.05) is 36.2 Å². The molecule has 0 radical (unpaired) electrons. The number of pyridine rings is 1. The molecule has 8 nitrogen and oxygen atoms in total. The van der Waals surface area contributed by atoms with E-state index in [4.69, 9.17) is 11.6 Å². The number of carboxylic acid groups (broad SMARTS) is 1. The summed E-state index contributed by atoms with van der Waals surface area (Å²) in [5, 5.41) is 9.83. The Bertz CT molecular complexity index is 1830. The summed E-state index contributed by atoms with van der Waals surface area (Å²) < 4.78 is 63.9. The molecule has 0 bridgehead atoms. The molecule has 3 aromatic carbocycles. The van der Waals surface area contributed by atoms with Crippen molar-refractivity contribution in [2.24, 2.45) is 0 Å². The zero-order chi connectivity index (χ0) is 32.6. The van der Waals surface area contributed by atoms with Gasteiger partial charge in [0.15, 0.2) is 11.6 Å². The van der Waals surface area contributed by atoms with E-state index >= 15 is 4.39 Å². The van der Waals surface area contributed by atoms with Gasteiger partial charge in [0.25, 0.3) is 0 Å². The van der Waals surface area contributed by atoms with Gasteiger partial charge < -0.3 is 24.2 Å². The molecule has 3 heterocycles. The molecule has 46 heavy (non-hydrogen) atoms. The van der Waals surface area contributed by atoms with Crippen LogP contribution in [0.25, 0.3) is 16.6 Å². The van der Waals surface area contributed by atoms with E-state index in [1.165, 1.54) is 9.47 Å². The van der Waals surface area contributed by atoms with E-state index in [0.717, 1.165) is 55.9 Å². The first-order chi connectivity index (χ1) is 22.0. The lowest BCUT2D eigenvalue weighted by Gasteiger charge is -2.38. The predicted molar refractivity (Wildman–Crippen MR) is 168 cm³/mol. The third kappa shape index (κ3) is 6.63. The average Bonchev–Trinajstić information content (AvgIpc) is 3.01. The molecule has 4 aromatic rings. The standard InChI is InChI=1S/C33H31ClF4N4O4/c34-22-7-5-8-23(17-22)40-12-14-41(15-13-40)29-27(35)18-25-28(31(29)46-33(36,37)38)42(20-26(30(25)43)32(44)45)24-9-4-6-21(16-24)19-39-10-2-1-3-11-39/h4-9,16-18,20H,1-3,10-15,19H2,(H,44,45). The summed E-state index contributed by atoms with van der Waals surface area (Å²) in [5.74, 6) is -3.63. The predicted octanol–water partition coefficient (Wildman–Crippen LogP) is 6.69. The largest absolute Gasteiger partial charge is 0.573 e. The number of nitrogens with zero attached hydrogens (tertiary/aromatic N) is 4. The molecule has 0 atom stereocenters. The maximum absolute atomic E-state index is 16.0. The lowest BCUT2D eigenvalue weighted by atomic mass is 10.1. The number of piperazine rings is 1. The SMILES string of the molecule is O=C(O)c1cn(-c2cccc(CN3CCCCC3)c2)c2c(OC(F)(F)F)c(N3CCN(c4cccc(Cl)c4)CC3)c(F)cc2c1=O. The lowest BCUT2D eigenvalue weighted by Crippen LogP contribution is -2.47. The Kier molecular flexibility index (Phi) is 8.84. The van der Waals surface area contributed by atoms with E-state index < -0.39 is 46.0 Å². The second-order valence-corrected chi connectivity index (χ2v) is 11.9. The Morgan fingerprint density at radius 1 is 0.891 bits per heavy atom. The second-order valence-electron chi connectivity index (χ2n) is 11.5. The van der Waals surface area contributed by atoms with Crippen LogP contribution in [0.15, 0.2) is 65.6 Å². The first kappa shape index (κ1) is 31.7. The summed E-state index contributed by atoms with van der Waals surface area (Å²) in [7, 11) is 0. The molecule has 0 aliphatic carbocycles. The number of hydrogen-bond donors (Lipinski definition) is 1. The van der Waals surface area contributed by atoms with Gasteiger partial charge in [-0.3, -0.25) is 9.69 Å². The third-order valence-electron chi connectivity index (χ3n) is 8.43. The number of rotatable bonds is 7. The number of halogens is 5. The summed E-state index contributed by atoms with van der Waals surface area (Å²) >= 11 is 6.14. The normalized spacial score (nSPS) is 16.2. The third-order valence-corrected chi connectivity index (χ3v) is 8.67. The lowest BCUT2D eigenvalue weighted by molar-refractivity contribution is -0.274. The van der Waals surface area contributed by atoms with E-state index in [-0.39, 0.29) is 18.6 Å². The summed E-state index contributed by atoms with van der Waals surface area (Å²) in [6.07, 6.45) is -0.998. The van der Waals surface area contributed by atoms with Gasteiger partial charge in [-0.25, -0.2) is 9.18 Å². The van der Waals surface area contributed by atoms with Crippen molar-refractivity contribution in [1.82, 2.24) is 9.47 Å². The highest BCUT2D eigenvalue weighted by Crippen LogP contribution is 2.42. The number of carbonyl (C=O) groups is 1. The Morgan fingerprint density at radius 2 is 1.57 bits per heavy atom. The van der Waals surface area contributed by atoms with Crippen molar-refractivity contribution in [3.8, 4) is 11.4 Å². The minimum absolute atomic E-state index is 0.131. The fourth-order valence-electron chi connectivity index (χ4n) is 6.32. The molecular weight excluding hydrogens is 628 g/mol. The van der Waals surface area contributed by atoms with Crippen LogP contribution in [0.5, 0.6) is 5.75 Å². The molecule has 2 aliphatic heterocycles. The quantitative estimate of drug-likeness (QED) is 0.222. The molecule has 0 saturated carbocycles. The highest BCUT2D eigenvalue weighted by molar-refractivity contribution is 6.30. The Morgan fingerprint density at radius 3 is 2.24 bits per heavy atom. The molecule has 13 heteroatoms. The molecule has 1 N–H and O–H groups in total. The number of piperidine rings is 1. The van der Waals surface area contributed by atoms with E-state index in [0.29, 0.717) is 30.3 Å². The smallest absolute Gasteiger partial charge is 0.477 e. The number of anilines is 2. The monoisotopic (exact) mass is 658 g/mol. The van der Waals surface area contributed by atoms with Crippen molar-refractivity contribution >= 4 is 39.8 Å². The number of alkyl halides is 3. The minimum atomic E-state index is -5.25. The maximum Gasteiger partial charge on any atom is 0.573 e. The molecule has 0 amide bonds. The Labute approximate surface area is 267 Å². The van der Waals surface area contributed by atoms with Gasteiger partial charge in [-0.05, 0) is 67.9 Å². The summed E-state index contributed by atoms with van der Waals surface area (Å²) in [4.78, 5) is 31.1. The maximum atomic E-state index is 16.0. The van der Waals surface area contributed by atoms with Crippen molar-refractivity contribution < 1.29 is 32.2 Å². The highest BCUT2D eigenvalue weighted by atomic mass is 35.5. The second kappa shape index (κ2) is 12.8. The van der Waals surface area contributed by atoms with E-state index in [9.17, 15) is 27.9 Å². The Hall–Kier alpha value is -4.29. The molecule has 2 aliphatic rings. The summed E-state index contributed by atoms with van der Waals surface area (Å²) in [5.41, 5.74) is -0.705. The molecule has 242 valence electrons. The van der Waals surface area contributed by atoms with Gasteiger partial charge in [-0.15, -0.1) is 13.2 Å². The molecular formula is C33H31ClF4N4O4. The number of ether oxygens (including phenoxy) is 1. The first-order valence-corrected chi connectivity index (χ1v) is 15.3. The van der Waals surface area contributed by atoms with E-state index in [2.05, 4.69) is 9.64 Å². The van der Waals surface area contributed by atoms with Gasteiger partial charge in [0.05, 0.1) is 5.39 Å². The molecule has 1 aromatic heterocycles. The van der Waals surface area contributed by atoms with E-state index in [1.54, 1.807) is 36.4 Å². The molecule has 0 spiro atoms. The molecule has 0 unspecified atom stereocenters. The zero-order valence-electron chi connectivity index (χ0n) is 24.7. The highest BCUT2D eigenvalue weighted by Gasteiger charge is 2.37. The number of aromatic carboxylic acids is 1. The van der Waals surface area contributed by atoms with Crippen LogP contribution in [0.4, 0.5) is 28.9 Å². The number of fused-ring (bicyclic) bond motifs is 1. The van der Waals surface area contributed by atoms with Crippen molar-refractivity contribution in [3.63, 3.8) is 0 Å². The van der Waals surface area contributed by atoms with Crippen LogP contribution in [0.1, 0.15) is 35.2 Å². The van der Waals surface area contributed by atoms with Crippen LogP contribution >= 0.6 is 11.6 Å². The van der Waals surface area contributed by atoms with Gasteiger partial charge in [0, 0.05) is 55.3 Å². The number of benzene rings is 3. The van der Waals surface area contributed by atoms with Crippen LogP contribution in [0.3, 0.4) is 0 Å². The van der Waals surface area contributed by atoms with Crippen LogP contribution in [-0.2, 0) is 6.54 Å². The average molecular weight is 659 g/mol. The molecule has 2 saturated heterocycles. The van der Waals surface area contributed by atoms with Gasteiger partial charge in [0.1, 0.15) is 16.8 Å². The van der Waals surface area contributed by atoms with E-state index in [1.807, 2.05) is 17.0 Å². The fraction of sp³-hybridized carbons (Fsp3) is 0.333. The van der Waals surface area contributed by atoms with Gasteiger partial charge >= 0.3 is 12.3 Å². The Balaban J connectivity index is 1.50. The van der Waals surface area contributed by atoms with Crippen molar-refractivity contribution in [1.29, 1.82) is 0 Å². The zero-order valence-corrected chi connectivity index (χ0v) is 25.5. The van der Waals surface area contributed by atoms with Crippen LogP contribution in [-0.4, -0.2) is 66.2 Å². The molecule has 6 rings (SSSR count). The number of carboxylic acids is 1. The summed E-state index contributed by atoms with van der Waals surface area (Å²) in [6.45, 7) is 3.34. The number of aromatic nitrogens is 1. The number of likely N-dealkylation sites (tertiary alicyclic amines) is 1. The van der Waals surface area contributed by atoms with Gasteiger partial charge in [-0.2, -0.15) is 0 Å². The van der Waals surface area contributed by atoms with Gasteiger partial charge in [0.2, 0.25) is 5.43 Å². The van der Waals surface area contributed by atoms with Crippen molar-refractivity contribution in [2.75, 3.05) is 49.1 Å². The van der Waals surface area contributed by atoms with Crippen molar-refractivity contribution in [3.05, 3.63) is 93.0 Å². The topological polar surface area (TPSA) is 78.2 Å².